The molecule has 0 aromatic heterocycles. The molecule has 0 aromatic rings. The summed E-state index contributed by atoms with van der Waals surface area (Å²) in [5, 5.41) is 9.67. The summed E-state index contributed by atoms with van der Waals surface area (Å²) in [7, 11) is -2.88. The number of hydrogen-bond donors (Lipinski definition) is 1. The molecule has 0 aromatic carbocycles. The molecule has 2 fully saturated rings. The maximum absolute atomic E-state index is 11.6. The molecular weight excluding hydrogens is 236 g/mol. The Labute approximate surface area is 105 Å². The molecule has 0 bridgehead atoms. The van der Waals surface area contributed by atoms with E-state index in [9.17, 15) is 13.5 Å². The zero-order valence-corrected chi connectivity index (χ0v) is 11.6. The van der Waals surface area contributed by atoms with Gasteiger partial charge in [0.25, 0.3) is 0 Å². The Kier molecular flexibility index (Phi) is 3.83. The van der Waals surface area contributed by atoms with Gasteiger partial charge in [-0.1, -0.05) is 19.8 Å². The van der Waals surface area contributed by atoms with Crippen molar-refractivity contribution in [1.29, 1.82) is 0 Å². The van der Waals surface area contributed by atoms with Crippen molar-refractivity contribution in [2.45, 2.75) is 56.8 Å². The van der Waals surface area contributed by atoms with E-state index in [-0.39, 0.29) is 11.4 Å². The number of hydrogen-bond acceptors (Lipinski definition) is 3. The summed E-state index contributed by atoms with van der Waals surface area (Å²) in [5.41, 5.74) is 0. The Bertz CT molecular complexity index is 363. The second-order valence-corrected chi connectivity index (χ2v) is 8.37. The number of aliphatic hydroxyl groups excluding tert-OH is 1. The zero-order chi connectivity index (χ0) is 12.6. The van der Waals surface area contributed by atoms with Crippen LogP contribution < -0.4 is 0 Å². The first-order chi connectivity index (χ1) is 7.89. The lowest BCUT2D eigenvalue weighted by Gasteiger charge is -2.34. The summed E-state index contributed by atoms with van der Waals surface area (Å²) >= 11 is 0. The van der Waals surface area contributed by atoms with E-state index in [0.29, 0.717) is 17.8 Å². The van der Waals surface area contributed by atoms with Crippen molar-refractivity contribution in [3.05, 3.63) is 0 Å². The Balaban J connectivity index is 2.03. The van der Waals surface area contributed by atoms with Gasteiger partial charge in [-0.15, -0.1) is 0 Å². The molecule has 0 amide bonds. The van der Waals surface area contributed by atoms with Gasteiger partial charge in [0.15, 0.2) is 0 Å². The van der Waals surface area contributed by atoms with Crippen LogP contribution in [-0.2, 0) is 9.84 Å². The average molecular weight is 260 g/mol. The number of rotatable bonds is 2. The van der Waals surface area contributed by atoms with Gasteiger partial charge < -0.3 is 5.11 Å². The highest BCUT2D eigenvalue weighted by Gasteiger charge is 2.40. The van der Waals surface area contributed by atoms with E-state index in [0.717, 1.165) is 38.5 Å². The minimum atomic E-state index is -2.88. The minimum absolute atomic E-state index is 0.133. The summed E-state index contributed by atoms with van der Waals surface area (Å²) < 4.78 is 23.3. The van der Waals surface area contributed by atoms with E-state index in [1.54, 1.807) is 0 Å². The molecule has 2 aliphatic carbocycles. The van der Waals surface area contributed by atoms with Crippen LogP contribution in [0.4, 0.5) is 0 Å². The molecule has 0 aliphatic heterocycles. The molecule has 0 radical (unpaired) electrons. The van der Waals surface area contributed by atoms with Crippen LogP contribution in [0.5, 0.6) is 0 Å². The molecule has 100 valence electrons. The second kappa shape index (κ2) is 4.88. The van der Waals surface area contributed by atoms with Crippen LogP contribution >= 0.6 is 0 Å². The van der Waals surface area contributed by atoms with Crippen LogP contribution in [0, 0.1) is 17.8 Å². The Morgan fingerprint density at radius 1 is 1.12 bits per heavy atom. The Hall–Kier alpha value is -0.0900. The van der Waals surface area contributed by atoms with Gasteiger partial charge in [0.05, 0.1) is 11.4 Å². The molecule has 2 aliphatic rings. The van der Waals surface area contributed by atoms with Gasteiger partial charge in [0.2, 0.25) is 0 Å². The van der Waals surface area contributed by atoms with Crippen molar-refractivity contribution in [2.24, 2.45) is 17.8 Å². The lowest BCUT2D eigenvalue weighted by molar-refractivity contribution is 0.105. The van der Waals surface area contributed by atoms with Crippen molar-refractivity contribution in [3.8, 4) is 0 Å². The molecular formula is C13H24O3S. The Morgan fingerprint density at radius 3 is 2.35 bits per heavy atom. The number of sulfone groups is 1. The van der Waals surface area contributed by atoms with E-state index in [1.807, 2.05) is 0 Å². The van der Waals surface area contributed by atoms with Crippen molar-refractivity contribution >= 4 is 9.84 Å². The predicted octanol–water partition coefficient (Wildman–Crippen LogP) is 2.00. The van der Waals surface area contributed by atoms with Gasteiger partial charge in [-0.25, -0.2) is 8.42 Å². The maximum atomic E-state index is 11.6. The van der Waals surface area contributed by atoms with Crippen LogP contribution in [0.1, 0.15) is 45.4 Å². The molecule has 17 heavy (non-hydrogen) atoms. The van der Waals surface area contributed by atoms with Crippen molar-refractivity contribution in [1.82, 2.24) is 0 Å². The van der Waals surface area contributed by atoms with Gasteiger partial charge in [-0.3, -0.25) is 0 Å². The highest BCUT2D eigenvalue weighted by atomic mass is 32.2. The van der Waals surface area contributed by atoms with E-state index in [4.69, 9.17) is 0 Å². The quantitative estimate of drug-likeness (QED) is 0.826. The predicted molar refractivity (Wildman–Crippen MR) is 68.5 cm³/mol. The first kappa shape index (κ1) is 13.3. The van der Waals surface area contributed by atoms with Crippen molar-refractivity contribution in [2.75, 3.05) is 6.26 Å². The Morgan fingerprint density at radius 2 is 1.82 bits per heavy atom. The molecule has 4 heteroatoms. The van der Waals surface area contributed by atoms with Crippen LogP contribution in [0.2, 0.25) is 0 Å². The first-order valence-electron chi connectivity index (χ1n) is 6.76. The van der Waals surface area contributed by atoms with Gasteiger partial charge in [0, 0.05) is 6.26 Å². The SMILES string of the molecule is CC1C(O)CCC1C1CCCC(S(C)(=O)=O)C1. The highest BCUT2D eigenvalue weighted by molar-refractivity contribution is 7.91. The van der Waals surface area contributed by atoms with Crippen LogP contribution in [0.3, 0.4) is 0 Å². The van der Waals surface area contributed by atoms with Gasteiger partial charge in [-0.05, 0) is 43.4 Å². The molecule has 0 heterocycles. The molecule has 0 saturated heterocycles. The van der Waals surface area contributed by atoms with Crippen LogP contribution in [0.25, 0.3) is 0 Å². The fourth-order valence-electron chi connectivity index (χ4n) is 3.80. The normalized spacial score (nSPS) is 43.8. The van der Waals surface area contributed by atoms with Gasteiger partial charge >= 0.3 is 0 Å². The van der Waals surface area contributed by atoms with E-state index in [1.165, 1.54) is 6.26 Å². The smallest absolute Gasteiger partial charge is 0.150 e. The standard InChI is InChI=1S/C13H24O3S/c1-9-12(6-7-13(9)14)10-4-3-5-11(8-10)17(2,15)16/h9-14H,3-8H2,1-2H3. The monoisotopic (exact) mass is 260 g/mol. The average Bonchev–Trinajstić information content (AvgIpc) is 2.59. The molecule has 0 spiro atoms. The summed E-state index contributed by atoms with van der Waals surface area (Å²) in [6.07, 6.45) is 7.00. The third kappa shape index (κ3) is 2.84. The van der Waals surface area contributed by atoms with E-state index in [2.05, 4.69) is 6.92 Å². The first-order valence-corrected chi connectivity index (χ1v) is 8.72. The second-order valence-electron chi connectivity index (χ2n) is 6.05. The number of aliphatic hydroxyl groups is 1. The van der Waals surface area contributed by atoms with Crippen LogP contribution in [-0.4, -0.2) is 31.1 Å². The highest BCUT2D eigenvalue weighted by Crippen LogP contribution is 2.43. The summed E-state index contributed by atoms with van der Waals surface area (Å²) in [5.74, 6) is 1.39. The van der Waals surface area contributed by atoms with Crippen LogP contribution in [0.15, 0.2) is 0 Å². The van der Waals surface area contributed by atoms with Crippen molar-refractivity contribution in [3.63, 3.8) is 0 Å². The lowest BCUT2D eigenvalue weighted by atomic mass is 9.75. The topological polar surface area (TPSA) is 54.4 Å². The molecule has 2 rings (SSSR count). The zero-order valence-electron chi connectivity index (χ0n) is 10.8. The summed E-state index contributed by atoms with van der Waals surface area (Å²) in [4.78, 5) is 0. The fraction of sp³-hybridized carbons (Fsp3) is 1.00. The van der Waals surface area contributed by atoms with Crippen molar-refractivity contribution < 1.29 is 13.5 Å². The van der Waals surface area contributed by atoms with Gasteiger partial charge in [0.1, 0.15) is 9.84 Å². The third-order valence-electron chi connectivity index (χ3n) is 4.96. The largest absolute Gasteiger partial charge is 0.393 e. The molecule has 1 N–H and O–H groups in total. The molecule has 3 nitrogen and oxygen atoms in total. The maximum Gasteiger partial charge on any atom is 0.150 e. The van der Waals surface area contributed by atoms with E-state index >= 15 is 0 Å². The van der Waals surface area contributed by atoms with E-state index < -0.39 is 9.84 Å². The minimum Gasteiger partial charge on any atom is -0.393 e. The summed E-state index contributed by atoms with van der Waals surface area (Å²) in [6.45, 7) is 2.12. The lowest BCUT2D eigenvalue weighted by Crippen LogP contribution is -2.32. The molecule has 5 atom stereocenters. The third-order valence-corrected chi connectivity index (χ3v) is 6.59. The summed E-state index contributed by atoms with van der Waals surface area (Å²) in [6, 6.07) is 0. The van der Waals surface area contributed by atoms with Gasteiger partial charge in [-0.2, -0.15) is 0 Å². The molecule has 5 unspecified atom stereocenters. The fourth-order valence-corrected chi connectivity index (χ4v) is 4.99. The molecule has 2 saturated carbocycles.